The highest BCUT2D eigenvalue weighted by Crippen LogP contribution is 2.31. The van der Waals surface area contributed by atoms with Gasteiger partial charge in [0.25, 0.3) is 0 Å². The first-order valence-corrected chi connectivity index (χ1v) is 11.1. The van der Waals surface area contributed by atoms with Crippen LogP contribution in [0.2, 0.25) is 0 Å². The highest BCUT2D eigenvalue weighted by Gasteiger charge is 2.26. The van der Waals surface area contributed by atoms with Crippen molar-refractivity contribution in [2.75, 3.05) is 38.0 Å². The van der Waals surface area contributed by atoms with E-state index < -0.39 is 0 Å². The summed E-state index contributed by atoms with van der Waals surface area (Å²) in [5.41, 5.74) is 0. The lowest BCUT2D eigenvalue weighted by atomic mass is 9.96. The van der Waals surface area contributed by atoms with Crippen molar-refractivity contribution in [1.82, 2.24) is 20.0 Å². The Balaban J connectivity index is 1.47. The maximum atomic E-state index is 12.6. The van der Waals surface area contributed by atoms with Gasteiger partial charge in [-0.15, -0.1) is 10.2 Å². The van der Waals surface area contributed by atoms with Crippen LogP contribution in [0.15, 0.2) is 4.34 Å². The van der Waals surface area contributed by atoms with Crippen LogP contribution in [-0.2, 0) is 4.79 Å². The SMILES string of the molecule is CCN1CCN(C(=O)[C@H](C)Sc2nnc(NC3CCCCC3)s2)CC1. The lowest BCUT2D eigenvalue weighted by molar-refractivity contribution is -0.132. The van der Waals surface area contributed by atoms with Crippen LogP contribution in [0.5, 0.6) is 0 Å². The second kappa shape index (κ2) is 9.19. The molecule has 0 aromatic carbocycles. The molecule has 3 rings (SSSR count). The Morgan fingerprint density at radius 1 is 1.24 bits per heavy atom. The van der Waals surface area contributed by atoms with Crippen molar-refractivity contribution in [3.05, 3.63) is 0 Å². The molecule has 1 amide bonds. The summed E-state index contributed by atoms with van der Waals surface area (Å²) in [7, 11) is 0. The Hall–Kier alpha value is -0.860. The fraction of sp³-hybridized carbons (Fsp3) is 0.824. The molecule has 1 aliphatic carbocycles. The number of rotatable bonds is 6. The minimum absolute atomic E-state index is 0.108. The van der Waals surface area contributed by atoms with Crippen molar-refractivity contribution in [1.29, 1.82) is 0 Å². The molecule has 140 valence electrons. The molecule has 1 aliphatic heterocycles. The topological polar surface area (TPSA) is 61.4 Å². The number of thioether (sulfide) groups is 1. The summed E-state index contributed by atoms with van der Waals surface area (Å²) in [5, 5.41) is 12.8. The monoisotopic (exact) mass is 383 g/mol. The second-order valence-corrected chi connectivity index (χ2v) is 9.44. The zero-order valence-electron chi connectivity index (χ0n) is 15.2. The lowest BCUT2D eigenvalue weighted by Crippen LogP contribution is -2.50. The normalized spacial score (nSPS) is 21.3. The summed E-state index contributed by atoms with van der Waals surface area (Å²) in [5.74, 6) is 0.220. The number of anilines is 1. The van der Waals surface area contributed by atoms with Gasteiger partial charge in [-0.3, -0.25) is 4.79 Å². The Labute approximate surface area is 158 Å². The average molecular weight is 384 g/mol. The quantitative estimate of drug-likeness (QED) is 0.762. The van der Waals surface area contributed by atoms with E-state index in [0.717, 1.165) is 42.2 Å². The van der Waals surface area contributed by atoms with Gasteiger partial charge in [-0.05, 0) is 26.3 Å². The van der Waals surface area contributed by atoms with Gasteiger partial charge in [-0.2, -0.15) is 0 Å². The van der Waals surface area contributed by atoms with Crippen molar-refractivity contribution < 1.29 is 4.79 Å². The van der Waals surface area contributed by atoms with Gasteiger partial charge in [0.2, 0.25) is 11.0 Å². The van der Waals surface area contributed by atoms with Crippen molar-refractivity contribution >= 4 is 34.1 Å². The number of carbonyl (C=O) groups excluding carboxylic acids is 1. The molecule has 1 aromatic rings. The molecule has 1 aromatic heterocycles. The number of carbonyl (C=O) groups is 1. The predicted octanol–water partition coefficient (Wildman–Crippen LogP) is 2.93. The summed E-state index contributed by atoms with van der Waals surface area (Å²) in [6.45, 7) is 8.85. The molecule has 25 heavy (non-hydrogen) atoms. The van der Waals surface area contributed by atoms with E-state index in [1.165, 1.54) is 43.9 Å². The molecule has 1 saturated heterocycles. The van der Waals surface area contributed by atoms with E-state index in [4.69, 9.17) is 0 Å². The van der Waals surface area contributed by atoms with E-state index in [9.17, 15) is 4.79 Å². The summed E-state index contributed by atoms with van der Waals surface area (Å²) in [4.78, 5) is 17.0. The number of nitrogens with zero attached hydrogens (tertiary/aromatic N) is 4. The van der Waals surface area contributed by atoms with Gasteiger partial charge in [0, 0.05) is 32.2 Å². The Kier molecular flexibility index (Phi) is 6.95. The van der Waals surface area contributed by atoms with Crippen molar-refractivity contribution in [2.45, 2.75) is 61.6 Å². The molecule has 0 spiro atoms. The zero-order chi connectivity index (χ0) is 17.6. The number of hydrogen-bond acceptors (Lipinski definition) is 7. The highest BCUT2D eigenvalue weighted by molar-refractivity contribution is 8.02. The van der Waals surface area contributed by atoms with Crippen LogP contribution in [0.25, 0.3) is 0 Å². The Bertz CT molecular complexity index is 553. The van der Waals surface area contributed by atoms with Gasteiger partial charge in [0.05, 0.1) is 5.25 Å². The molecule has 2 heterocycles. The molecule has 0 unspecified atom stereocenters. The molecular weight excluding hydrogens is 354 g/mol. The molecule has 2 fully saturated rings. The first-order valence-electron chi connectivity index (χ1n) is 9.43. The summed E-state index contributed by atoms with van der Waals surface area (Å²) in [6, 6.07) is 0.536. The molecule has 1 atom stereocenters. The Morgan fingerprint density at radius 3 is 2.64 bits per heavy atom. The van der Waals surface area contributed by atoms with Crippen molar-refractivity contribution in [3.8, 4) is 0 Å². The van der Waals surface area contributed by atoms with Crippen molar-refractivity contribution in [3.63, 3.8) is 0 Å². The molecule has 8 heteroatoms. The van der Waals surface area contributed by atoms with Crippen molar-refractivity contribution in [2.24, 2.45) is 0 Å². The lowest BCUT2D eigenvalue weighted by Gasteiger charge is -2.35. The molecule has 1 N–H and O–H groups in total. The standard InChI is InChI=1S/C17H29N5OS2/c1-3-21-9-11-22(12-10-21)15(23)13(2)24-17-20-19-16(25-17)18-14-7-5-4-6-8-14/h13-14H,3-12H2,1-2H3,(H,18,19)/t13-/m0/s1. The smallest absolute Gasteiger partial charge is 0.235 e. The molecule has 0 bridgehead atoms. The number of aromatic nitrogens is 2. The fourth-order valence-corrected chi connectivity index (χ4v) is 5.54. The van der Waals surface area contributed by atoms with Crippen LogP contribution in [-0.4, -0.2) is 69.9 Å². The minimum Gasteiger partial charge on any atom is -0.357 e. The third-order valence-corrected chi connectivity index (χ3v) is 7.12. The van der Waals surface area contributed by atoms with E-state index >= 15 is 0 Å². The van der Waals surface area contributed by atoms with E-state index in [-0.39, 0.29) is 11.2 Å². The van der Waals surface area contributed by atoms with Gasteiger partial charge in [0.1, 0.15) is 0 Å². The van der Waals surface area contributed by atoms with Crippen LogP contribution >= 0.6 is 23.1 Å². The van der Waals surface area contributed by atoms with Gasteiger partial charge < -0.3 is 15.1 Å². The Morgan fingerprint density at radius 2 is 1.96 bits per heavy atom. The van der Waals surface area contributed by atoms with Gasteiger partial charge in [0.15, 0.2) is 4.34 Å². The third-order valence-electron chi connectivity index (χ3n) is 5.10. The number of nitrogens with one attached hydrogen (secondary N) is 1. The second-order valence-electron chi connectivity index (χ2n) is 6.87. The minimum atomic E-state index is -0.108. The van der Waals surface area contributed by atoms with E-state index in [1.807, 2.05) is 11.8 Å². The number of piperazine rings is 1. The molecular formula is C17H29N5OS2. The summed E-state index contributed by atoms with van der Waals surface area (Å²) in [6.07, 6.45) is 6.40. The van der Waals surface area contributed by atoms with Crippen LogP contribution in [0.3, 0.4) is 0 Å². The van der Waals surface area contributed by atoms with Crippen LogP contribution in [0, 0.1) is 0 Å². The van der Waals surface area contributed by atoms with Crippen LogP contribution < -0.4 is 5.32 Å². The number of likely N-dealkylation sites (N-methyl/N-ethyl adjacent to an activating group) is 1. The van der Waals surface area contributed by atoms with Crippen LogP contribution in [0.4, 0.5) is 5.13 Å². The first kappa shape index (κ1) is 18.9. The fourth-order valence-electron chi connectivity index (χ4n) is 3.48. The molecule has 2 aliphatic rings. The molecule has 6 nitrogen and oxygen atoms in total. The maximum Gasteiger partial charge on any atom is 0.235 e. The summed E-state index contributed by atoms with van der Waals surface area (Å²) >= 11 is 3.11. The predicted molar refractivity (Wildman–Crippen MR) is 104 cm³/mol. The van der Waals surface area contributed by atoms with Gasteiger partial charge >= 0.3 is 0 Å². The van der Waals surface area contributed by atoms with E-state index in [1.54, 1.807) is 11.3 Å². The van der Waals surface area contributed by atoms with Gasteiger partial charge in [-0.1, -0.05) is 49.3 Å². The zero-order valence-corrected chi connectivity index (χ0v) is 16.9. The van der Waals surface area contributed by atoms with E-state index in [2.05, 4.69) is 27.3 Å². The largest absolute Gasteiger partial charge is 0.357 e. The van der Waals surface area contributed by atoms with E-state index in [0.29, 0.717) is 6.04 Å². The number of hydrogen-bond donors (Lipinski definition) is 1. The van der Waals surface area contributed by atoms with Crippen LogP contribution in [0.1, 0.15) is 46.0 Å². The molecule has 1 saturated carbocycles. The average Bonchev–Trinajstić information content (AvgIpc) is 3.08. The summed E-state index contributed by atoms with van der Waals surface area (Å²) < 4.78 is 0.881. The third kappa shape index (κ3) is 5.31. The number of amides is 1. The first-order chi connectivity index (χ1) is 12.2. The highest BCUT2D eigenvalue weighted by atomic mass is 32.2. The van der Waals surface area contributed by atoms with Gasteiger partial charge in [-0.25, -0.2) is 0 Å². The molecule has 0 radical (unpaired) electrons. The maximum absolute atomic E-state index is 12.6.